The van der Waals surface area contributed by atoms with Gasteiger partial charge in [-0.25, -0.2) is 9.59 Å². The van der Waals surface area contributed by atoms with Gasteiger partial charge in [-0.05, 0) is 113 Å². The molecule has 258 valence electrons. The van der Waals surface area contributed by atoms with E-state index in [1.54, 1.807) is 39.8 Å². The molecule has 3 N–H and O–H groups in total. The smallest absolute Gasteiger partial charge is 0.333 e. The molecule has 5 aliphatic rings. The summed E-state index contributed by atoms with van der Waals surface area (Å²) in [5, 5.41) is 34.8. The molecule has 11 atom stereocenters. The number of esters is 2. The van der Waals surface area contributed by atoms with Crippen LogP contribution in [-0.4, -0.2) is 58.3 Å². The molecule has 0 aromatic carbocycles. The third-order valence-electron chi connectivity index (χ3n) is 14.5. The van der Waals surface area contributed by atoms with E-state index in [-0.39, 0.29) is 34.2 Å². The second-order valence-corrected chi connectivity index (χ2v) is 17.4. The van der Waals surface area contributed by atoms with Gasteiger partial charge in [0.15, 0.2) is 6.10 Å². The predicted molar refractivity (Wildman–Crippen MR) is 178 cm³/mol. The van der Waals surface area contributed by atoms with Crippen LogP contribution in [0.1, 0.15) is 114 Å². The maximum absolute atomic E-state index is 13.4. The molecular weight excluding hydrogens is 580 g/mol. The number of carbonyl (C=O) groups excluding carboxylic acids is 2. The third-order valence-corrected chi connectivity index (χ3v) is 14.5. The first-order valence-electron chi connectivity index (χ1n) is 17.7. The topological polar surface area (TPSA) is 113 Å². The van der Waals surface area contributed by atoms with Crippen molar-refractivity contribution in [2.75, 3.05) is 6.61 Å². The number of hydrogen-bond donors (Lipinski definition) is 3. The molecule has 0 spiro atoms. The fraction of sp³-hybridized carbons (Fsp3) is 0.795. The number of fused-ring (bicyclic) bond motifs is 7. The number of ether oxygens (including phenoxy) is 2. The highest BCUT2D eigenvalue weighted by molar-refractivity contribution is 5.88. The van der Waals surface area contributed by atoms with Gasteiger partial charge >= 0.3 is 11.9 Å². The number of rotatable bonds is 5. The summed E-state index contributed by atoms with van der Waals surface area (Å²) in [6, 6.07) is 0. The largest absolute Gasteiger partial charge is 0.454 e. The fourth-order valence-corrected chi connectivity index (χ4v) is 11.5. The van der Waals surface area contributed by atoms with E-state index in [0.29, 0.717) is 35.8 Å². The van der Waals surface area contributed by atoms with E-state index < -0.39 is 47.7 Å². The zero-order chi connectivity index (χ0) is 34.2. The lowest BCUT2D eigenvalue weighted by molar-refractivity contribution is -0.255. The molecular formula is C39H60O7. The van der Waals surface area contributed by atoms with E-state index in [0.717, 1.165) is 32.1 Å². The van der Waals surface area contributed by atoms with Crippen molar-refractivity contribution in [3.05, 3.63) is 34.9 Å². The van der Waals surface area contributed by atoms with Gasteiger partial charge in [0.25, 0.3) is 0 Å². The van der Waals surface area contributed by atoms with Crippen molar-refractivity contribution in [3.63, 3.8) is 0 Å². The average molecular weight is 641 g/mol. The second kappa shape index (κ2) is 11.9. The summed E-state index contributed by atoms with van der Waals surface area (Å²) in [4.78, 5) is 26.7. The Morgan fingerprint density at radius 1 is 0.826 bits per heavy atom. The maximum Gasteiger partial charge on any atom is 0.333 e. The molecule has 0 saturated heterocycles. The van der Waals surface area contributed by atoms with Crippen LogP contribution in [0.5, 0.6) is 0 Å². The summed E-state index contributed by atoms with van der Waals surface area (Å²) in [5.41, 5.74) is 0.167. The molecule has 4 fully saturated rings. The molecule has 4 saturated carbocycles. The molecule has 46 heavy (non-hydrogen) atoms. The SMILES string of the molecule is C/C=C(/C)C(=O)O[C@H]1[C@H](OC(=O)/C(C)=C\C)[C@@]2(CO)C(CC1(C)C)C1=CCC3[C@@](C)(CCC4C(C)(C)[C@@H](O)CC[C@@]43C)C1C[C@H]2O. The average Bonchev–Trinajstić information content (AvgIpc) is 2.99. The van der Waals surface area contributed by atoms with Crippen LogP contribution in [0.2, 0.25) is 0 Å². The predicted octanol–water partition coefficient (Wildman–Crippen LogP) is 6.70. The van der Waals surface area contributed by atoms with E-state index in [4.69, 9.17) is 9.47 Å². The molecule has 0 aromatic heterocycles. The number of allylic oxidation sites excluding steroid dienone is 4. The molecule has 5 aliphatic carbocycles. The lowest BCUT2D eigenvalue weighted by atomic mass is 9.36. The highest BCUT2D eigenvalue weighted by atomic mass is 16.6. The highest BCUT2D eigenvalue weighted by Crippen LogP contribution is 2.72. The Labute approximate surface area is 276 Å². The Morgan fingerprint density at radius 2 is 1.39 bits per heavy atom. The number of carbonyl (C=O) groups is 2. The molecule has 0 heterocycles. The summed E-state index contributed by atoms with van der Waals surface area (Å²) in [7, 11) is 0. The first kappa shape index (κ1) is 35.3. The minimum atomic E-state index is -1.22. The Kier molecular flexibility index (Phi) is 9.12. The number of aliphatic hydroxyl groups excluding tert-OH is 3. The zero-order valence-corrected chi connectivity index (χ0v) is 30.0. The zero-order valence-electron chi connectivity index (χ0n) is 30.0. The molecule has 4 unspecified atom stereocenters. The van der Waals surface area contributed by atoms with Crippen LogP contribution in [0.3, 0.4) is 0 Å². The molecule has 0 aromatic rings. The molecule has 0 aliphatic heterocycles. The monoisotopic (exact) mass is 640 g/mol. The highest BCUT2D eigenvalue weighted by Gasteiger charge is 2.70. The minimum Gasteiger partial charge on any atom is -0.454 e. The first-order chi connectivity index (χ1) is 21.4. The summed E-state index contributed by atoms with van der Waals surface area (Å²) >= 11 is 0. The van der Waals surface area contributed by atoms with Gasteiger partial charge in [0.2, 0.25) is 0 Å². The summed E-state index contributed by atoms with van der Waals surface area (Å²) in [6.45, 7) is 20.0. The Morgan fingerprint density at radius 3 is 1.96 bits per heavy atom. The van der Waals surface area contributed by atoms with Crippen molar-refractivity contribution < 1.29 is 34.4 Å². The molecule has 5 rings (SSSR count). The second-order valence-electron chi connectivity index (χ2n) is 17.4. The van der Waals surface area contributed by atoms with Crippen molar-refractivity contribution in [1.82, 2.24) is 0 Å². The standard InChI is InChI=1S/C39H60O7/c1-11-22(3)33(43)45-31-32(46-34(44)23(4)12-2)39(21-40)26(20-35(31,5)6)24-13-14-28-37(9,25(24)19-30(39)42)17-15-27-36(7,8)29(41)16-18-38(27,28)10/h11-13,25-32,40-42H,14-21H2,1-10H3/b22-11-,23-12-/t25?,26?,27?,28?,29-,30+,31-,32-,37-,38-,39-/m0/s1. The van der Waals surface area contributed by atoms with Crippen LogP contribution < -0.4 is 0 Å². The van der Waals surface area contributed by atoms with Gasteiger partial charge in [-0.3, -0.25) is 0 Å². The van der Waals surface area contributed by atoms with Gasteiger partial charge in [0.05, 0.1) is 24.2 Å². The molecule has 0 radical (unpaired) electrons. The van der Waals surface area contributed by atoms with E-state index in [2.05, 4.69) is 33.8 Å². The van der Waals surface area contributed by atoms with Gasteiger partial charge in [-0.1, -0.05) is 65.3 Å². The molecule has 0 amide bonds. The van der Waals surface area contributed by atoms with Gasteiger partial charge in [0.1, 0.15) is 6.10 Å². The van der Waals surface area contributed by atoms with Crippen molar-refractivity contribution >= 4 is 11.9 Å². The van der Waals surface area contributed by atoms with Crippen molar-refractivity contribution in [2.45, 2.75) is 139 Å². The van der Waals surface area contributed by atoms with Crippen LogP contribution in [0.25, 0.3) is 0 Å². The van der Waals surface area contributed by atoms with Gasteiger partial charge < -0.3 is 24.8 Å². The minimum absolute atomic E-state index is 0.0551. The third kappa shape index (κ3) is 5.00. The first-order valence-corrected chi connectivity index (χ1v) is 17.7. The molecule has 7 nitrogen and oxygen atoms in total. The Bertz CT molecular complexity index is 1320. The normalized spacial score (nSPS) is 44.8. The summed E-state index contributed by atoms with van der Waals surface area (Å²) < 4.78 is 12.5. The Balaban J connectivity index is 1.61. The van der Waals surface area contributed by atoms with Crippen LogP contribution in [0.4, 0.5) is 0 Å². The summed E-state index contributed by atoms with van der Waals surface area (Å²) in [5.74, 6) is -0.328. The van der Waals surface area contributed by atoms with E-state index in [9.17, 15) is 24.9 Å². The van der Waals surface area contributed by atoms with Gasteiger partial charge in [-0.2, -0.15) is 0 Å². The number of aliphatic hydroxyl groups is 3. The van der Waals surface area contributed by atoms with E-state index in [1.807, 2.05) is 13.8 Å². The Hall–Kier alpha value is -1.96. The summed E-state index contributed by atoms with van der Waals surface area (Å²) in [6.07, 6.45) is 8.44. The van der Waals surface area contributed by atoms with Crippen molar-refractivity contribution in [1.29, 1.82) is 0 Å². The van der Waals surface area contributed by atoms with Crippen LogP contribution in [-0.2, 0) is 19.1 Å². The quantitative estimate of drug-likeness (QED) is 0.174. The van der Waals surface area contributed by atoms with E-state index >= 15 is 0 Å². The fourth-order valence-electron chi connectivity index (χ4n) is 11.5. The van der Waals surface area contributed by atoms with Crippen molar-refractivity contribution in [3.8, 4) is 0 Å². The van der Waals surface area contributed by atoms with E-state index in [1.165, 1.54) is 5.57 Å². The molecule has 7 heteroatoms. The number of hydrogen-bond acceptors (Lipinski definition) is 7. The van der Waals surface area contributed by atoms with Crippen LogP contribution in [0.15, 0.2) is 34.9 Å². The van der Waals surface area contributed by atoms with Gasteiger partial charge in [-0.15, -0.1) is 0 Å². The lowest BCUT2D eigenvalue weighted by Crippen LogP contribution is -2.70. The molecule has 0 bridgehead atoms. The van der Waals surface area contributed by atoms with Gasteiger partial charge in [0, 0.05) is 16.6 Å². The van der Waals surface area contributed by atoms with Crippen LogP contribution >= 0.6 is 0 Å². The maximum atomic E-state index is 13.4. The lowest BCUT2D eigenvalue weighted by Gasteiger charge is -2.69. The van der Waals surface area contributed by atoms with Crippen molar-refractivity contribution in [2.24, 2.45) is 50.7 Å². The van der Waals surface area contributed by atoms with Crippen LogP contribution in [0, 0.1) is 50.7 Å².